The molecule has 9 nitrogen and oxygen atoms in total. The molecule has 0 aliphatic carbocycles. The zero-order valence-electron chi connectivity index (χ0n) is 19.0. The molecule has 2 N–H and O–H groups in total. The van der Waals surface area contributed by atoms with E-state index < -0.39 is 16.1 Å². The lowest BCUT2D eigenvalue weighted by atomic mass is 10.0. The Kier molecular flexibility index (Phi) is 7.83. The van der Waals surface area contributed by atoms with E-state index in [1.807, 2.05) is 26.0 Å². The van der Waals surface area contributed by atoms with Crippen LogP contribution in [0.25, 0.3) is 0 Å². The normalized spacial score (nSPS) is 12.5. The van der Waals surface area contributed by atoms with Crippen LogP contribution in [0.1, 0.15) is 55.1 Å². The first-order valence-corrected chi connectivity index (χ1v) is 12.3. The van der Waals surface area contributed by atoms with Crippen LogP contribution in [0.15, 0.2) is 53.1 Å². The van der Waals surface area contributed by atoms with Crippen LogP contribution >= 0.6 is 0 Å². The van der Waals surface area contributed by atoms with Gasteiger partial charge in [-0.05, 0) is 35.4 Å². The number of hydrogen-bond donors (Lipinski definition) is 2. The third-order valence-electron chi connectivity index (χ3n) is 4.84. The summed E-state index contributed by atoms with van der Waals surface area (Å²) in [6.45, 7) is 3.97. The Labute approximate surface area is 193 Å². The molecule has 0 saturated carbocycles. The highest BCUT2D eigenvalue weighted by Crippen LogP contribution is 2.22. The number of rotatable bonds is 10. The van der Waals surface area contributed by atoms with Gasteiger partial charge in [-0.1, -0.05) is 43.3 Å². The number of nitrogens with one attached hydrogen (secondary N) is 2. The van der Waals surface area contributed by atoms with Crippen LogP contribution in [0.2, 0.25) is 0 Å². The predicted octanol–water partition coefficient (Wildman–Crippen LogP) is 3.41. The van der Waals surface area contributed by atoms with Crippen LogP contribution in [-0.4, -0.2) is 37.8 Å². The third kappa shape index (κ3) is 7.40. The molecule has 1 heterocycles. The van der Waals surface area contributed by atoms with Crippen molar-refractivity contribution in [1.29, 1.82) is 0 Å². The number of benzene rings is 2. The van der Waals surface area contributed by atoms with Crippen molar-refractivity contribution < 1.29 is 22.5 Å². The Bertz CT molecular complexity index is 1170. The summed E-state index contributed by atoms with van der Waals surface area (Å²) in [7, 11) is -1.98. The number of sulfonamides is 1. The van der Waals surface area contributed by atoms with Gasteiger partial charge in [0.2, 0.25) is 21.8 Å². The highest BCUT2D eigenvalue weighted by atomic mass is 32.2. The van der Waals surface area contributed by atoms with Crippen molar-refractivity contribution in [3.63, 3.8) is 0 Å². The maximum absolute atomic E-state index is 12.6. The van der Waals surface area contributed by atoms with Gasteiger partial charge in [-0.2, -0.15) is 4.98 Å². The lowest BCUT2D eigenvalue weighted by Crippen LogP contribution is -2.30. The molecule has 1 amide bonds. The van der Waals surface area contributed by atoms with Gasteiger partial charge >= 0.3 is 0 Å². The summed E-state index contributed by atoms with van der Waals surface area (Å²) in [6.07, 6.45) is 1.51. The van der Waals surface area contributed by atoms with Crippen molar-refractivity contribution >= 4 is 21.6 Å². The number of nitrogens with zero attached hydrogens (tertiary/aromatic N) is 2. The Morgan fingerprint density at radius 1 is 1.09 bits per heavy atom. The van der Waals surface area contributed by atoms with Gasteiger partial charge < -0.3 is 14.6 Å². The SMILES string of the molecule is COc1ccc([C@@H](CC(=O)Nc2ccc(Cc3noc(C(C)C)n3)cc2)NS(C)(=O)=O)cc1. The number of methoxy groups -OCH3 is 1. The van der Waals surface area contributed by atoms with Crippen LogP contribution in [-0.2, 0) is 21.2 Å². The van der Waals surface area contributed by atoms with Crippen LogP contribution in [0.3, 0.4) is 0 Å². The molecule has 176 valence electrons. The van der Waals surface area contributed by atoms with E-state index in [1.54, 1.807) is 43.5 Å². The van der Waals surface area contributed by atoms with Crippen molar-refractivity contribution in [1.82, 2.24) is 14.9 Å². The van der Waals surface area contributed by atoms with E-state index in [0.717, 1.165) is 11.8 Å². The van der Waals surface area contributed by atoms with Crippen molar-refractivity contribution in [3.05, 3.63) is 71.4 Å². The van der Waals surface area contributed by atoms with Crippen LogP contribution < -0.4 is 14.8 Å². The van der Waals surface area contributed by atoms with E-state index in [4.69, 9.17) is 9.26 Å². The van der Waals surface area contributed by atoms with Crippen molar-refractivity contribution in [2.75, 3.05) is 18.7 Å². The van der Waals surface area contributed by atoms with Crippen molar-refractivity contribution in [2.24, 2.45) is 0 Å². The molecule has 3 aromatic rings. The van der Waals surface area contributed by atoms with Gasteiger partial charge in [-0.15, -0.1) is 0 Å². The second kappa shape index (κ2) is 10.6. The average molecular weight is 473 g/mol. The van der Waals surface area contributed by atoms with Gasteiger partial charge in [0.1, 0.15) is 5.75 Å². The summed E-state index contributed by atoms with van der Waals surface area (Å²) in [5.74, 6) is 1.69. The number of hydrogen-bond acceptors (Lipinski definition) is 7. The molecule has 0 unspecified atom stereocenters. The van der Waals surface area contributed by atoms with E-state index in [2.05, 4.69) is 20.2 Å². The molecule has 0 saturated heterocycles. The van der Waals surface area contributed by atoms with Gasteiger partial charge in [-0.3, -0.25) is 4.79 Å². The highest BCUT2D eigenvalue weighted by Gasteiger charge is 2.20. The first-order chi connectivity index (χ1) is 15.6. The topological polar surface area (TPSA) is 123 Å². The molecule has 0 fully saturated rings. The summed E-state index contributed by atoms with van der Waals surface area (Å²) in [5, 5.41) is 6.80. The maximum Gasteiger partial charge on any atom is 0.229 e. The number of carbonyl (C=O) groups is 1. The second-order valence-corrected chi connectivity index (χ2v) is 9.83. The van der Waals surface area contributed by atoms with Gasteiger partial charge in [0.25, 0.3) is 0 Å². The molecule has 0 radical (unpaired) electrons. The molecule has 10 heteroatoms. The Balaban J connectivity index is 1.64. The van der Waals surface area contributed by atoms with Gasteiger partial charge in [0, 0.05) is 24.4 Å². The summed E-state index contributed by atoms with van der Waals surface area (Å²) in [4.78, 5) is 17.0. The largest absolute Gasteiger partial charge is 0.497 e. The monoisotopic (exact) mass is 472 g/mol. The minimum Gasteiger partial charge on any atom is -0.497 e. The van der Waals surface area contributed by atoms with Crippen LogP contribution in [0.5, 0.6) is 5.75 Å². The van der Waals surface area contributed by atoms with Gasteiger partial charge in [-0.25, -0.2) is 13.1 Å². The molecular weight excluding hydrogens is 444 g/mol. The van der Waals surface area contributed by atoms with Crippen LogP contribution in [0.4, 0.5) is 5.69 Å². The predicted molar refractivity (Wildman–Crippen MR) is 125 cm³/mol. The Morgan fingerprint density at radius 2 is 1.76 bits per heavy atom. The van der Waals surface area contributed by atoms with E-state index in [0.29, 0.717) is 35.1 Å². The molecular formula is C23H28N4O5S. The lowest BCUT2D eigenvalue weighted by molar-refractivity contribution is -0.116. The first-order valence-electron chi connectivity index (χ1n) is 10.5. The Hall–Kier alpha value is -3.24. The number of carbonyl (C=O) groups excluding carboxylic acids is 1. The quantitative estimate of drug-likeness (QED) is 0.463. The molecule has 2 aromatic carbocycles. The van der Waals surface area contributed by atoms with Gasteiger partial charge in [0.05, 0.1) is 19.4 Å². The molecule has 1 atom stereocenters. The zero-order valence-corrected chi connectivity index (χ0v) is 19.8. The number of amides is 1. The summed E-state index contributed by atoms with van der Waals surface area (Å²) in [6, 6.07) is 13.5. The van der Waals surface area contributed by atoms with Gasteiger partial charge in [0.15, 0.2) is 5.82 Å². The standard InChI is InChI=1S/C23H28N4O5S/c1-15(2)23-25-21(26-32-23)13-16-5-9-18(10-6-16)24-22(28)14-20(27-33(4,29)30)17-7-11-19(31-3)12-8-17/h5-12,15,20,27H,13-14H2,1-4H3,(H,24,28)/t20-/m1/s1. The molecule has 0 aliphatic heterocycles. The van der Waals surface area contributed by atoms with E-state index in [1.165, 1.54) is 0 Å². The minimum atomic E-state index is -3.53. The fourth-order valence-corrected chi connectivity index (χ4v) is 3.92. The second-order valence-electron chi connectivity index (χ2n) is 8.05. The maximum atomic E-state index is 12.6. The molecule has 1 aromatic heterocycles. The van der Waals surface area contributed by atoms with E-state index in [9.17, 15) is 13.2 Å². The number of aromatic nitrogens is 2. The summed E-state index contributed by atoms with van der Waals surface area (Å²) in [5.41, 5.74) is 2.24. The van der Waals surface area contributed by atoms with Crippen molar-refractivity contribution in [2.45, 2.75) is 38.6 Å². The third-order valence-corrected chi connectivity index (χ3v) is 5.55. The fraction of sp³-hybridized carbons (Fsp3) is 0.348. The molecule has 0 bridgehead atoms. The highest BCUT2D eigenvalue weighted by molar-refractivity contribution is 7.88. The average Bonchev–Trinajstić information content (AvgIpc) is 3.23. The molecule has 0 spiro atoms. The molecule has 3 rings (SSSR count). The molecule has 33 heavy (non-hydrogen) atoms. The van der Waals surface area contributed by atoms with E-state index >= 15 is 0 Å². The van der Waals surface area contributed by atoms with E-state index in [-0.39, 0.29) is 18.2 Å². The summed E-state index contributed by atoms with van der Waals surface area (Å²) < 4.78 is 36.5. The summed E-state index contributed by atoms with van der Waals surface area (Å²) >= 11 is 0. The number of anilines is 1. The number of ether oxygens (including phenoxy) is 1. The molecule has 0 aliphatic rings. The lowest BCUT2D eigenvalue weighted by Gasteiger charge is -2.18. The first kappa shape index (κ1) is 24.4. The smallest absolute Gasteiger partial charge is 0.229 e. The minimum absolute atomic E-state index is 0.0675. The Morgan fingerprint density at radius 3 is 2.30 bits per heavy atom. The fourth-order valence-electron chi connectivity index (χ4n) is 3.18. The van der Waals surface area contributed by atoms with Crippen molar-refractivity contribution in [3.8, 4) is 5.75 Å². The van der Waals surface area contributed by atoms with Crippen LogP contribution in [0, 0.1) is 0 Å². The zero-order chi connectivity index (χ0) is 24.0.